The molecule has 1 fully saturated rings. The summed E-state index contributed by atoms with van der Waals surface area (Å²) in [6.07, 6.45) is 5.23. The summed E-state index contributed by atoms with van der Waals surface area (Å²) in [5, 5.41) is 5.87. The quantitative estimate of drug-likeness (QED) is 0.713. The second-order valence-electron chi connectivity index (χ2n) is 6.34. The van der Waals surface area contributed by atoms with Gasteiger partial charge in [0, 0.05) is 19.0 Å². The molecule has 1 aliphatic heterocycles. The molecule has 0 bridgehead atoms. The first-order valence-corrected chi connectivity index (χ1v) is 10.7. The van der Waals surface area contributed by atoms with Gasteiger partial charge in [-0.25, -0.2) is 23.5 Å². The van der Waals surface area contributed by atoms with E-state index in [0.717, 1.165) is 54.3 Å². The predicted octanol–water partition coefficient (Wildman–Crippen LogP) is 2.56. The first-order chi connectivity index (χ1) is 12.5. The van der Waals surface area contributed by atoms with Gasteiger partial charge < -0.3 is 9.88 Å². The molecule has 2 aromatic heterocycles. The van der Waals surface area contributed by atoms with Gasteiger partial charge in [0.15, 0.2) is 9.34 Å². The summed E-state index contributed by atoms with van der Waals surface area (Å²) in [5.74, 6) is 1.21. The van der Waals surface area contributed by atoms with Crippen LogP contribution >= 0.6 is 11.3 Å². The van der Waals surface area contributed by atoms with E-state index in [9.17, 15) is 8.42 Å². The molecule has 3 aromatic rings. The molecule has 3 heterocycles. The van der Waals surface area contributed by atoms with Crippen molar-refractivity contribution in [2.75, 3.05) is 18.0 Å². The summed E-state index contributed by atoms with van der Waals surface area (Å²) in [4.78, 5) is 14.4. The third kappa shape index (κ3) is 3.50. The standard InChI is InChI=1S/C17H19N5O2S2/c18-26(23,24)15-10-20-17(25-15)22-8-4-7-13(11-22)16-19-9-14(21-16)12-5-2-1-3-6-12/h1-3,5-6,9-10,13H,4,7-8,11H2,(H,19,21)(H2,18,23,24). The Morgan fingerprint density at radius 2 is 2.00 bits per heavy atom. The SMILES string of the molecule is NS(=O)(=O)c1cnc(N2CCCC(c3ncc(-c4ccccc4)[nH]3)C2)s1. The molecule has 1 saturated heterocycles. The molecule has 0 amide bonds. The second-order valence-corrected chi connectivity index (χ2v) is 9.14. The van der Waals surface area contributed by atoms with Gasteiger partial charge in [0.05, 0.1) is 18.1 Å². The average molecular weight is 390 g/mol. The maximum absolute atomic E-state index is 11.5. The van der Waals surface area contributed by atoms with Crippen molar-refractivity contribution >= 4 is 26.5 Å². The number of benzene rings is 1. The zero-order valence-electron chi connectivity index (χ0n) is 14.0. The number of primary sulfonamides is 1. The predicted molar refractivity (Wildman–Crippen MR) is 102 cm³/mol. The molecule has 0 spiro atoms. The minimum Gasteiger partial charge on any atom is -0.347 e. The van der Waals surface area contributed by atoms with E-state index < -0.39 is 10.0 Å². The Kier molecular flexibility index (Phi) is 4.51. The Balaban J connectivity index is 1.52. The monoisotopic (exact) mass is 389 g/mol. The van der Waals surface area contributed by atoms with Crippen molar-refractivity contribution in [3.8, 4) is 11.3 Å². The molecule has 0 radical (unpaired) electrons. The second kappa shape index (κ2) is 6.82. The minimum atomic E-state index is -3.70. The first-order valence-electron chi connectivity index (χ1n) is 8.34. The molecule has 3 N–H and O–H groups in total. The zero-order valence-corrected chi connectivity index (χ0v) is 15.6. The number of piperidine rings is 1. The van der Waals surface area contributed by atoms with Crippen molar-refractivity contribution < 1.29 is 8.42 Å². The number of H-pyrrole nitrogens is 1. The number of imidazole rings is 1. The van der Waals surface area contributed by atoms with Gasteiger partial charge in [-0.1, -0.05) is 41.7 Å². The van der Waals surface area contributed by atoms with Gasteiger partial charge in [-0.05, 0) is 18.4 Å². The van der Waals surface area contributed by atoms with Crippen LogP contribution in [0.4, 0.5) is 5.13 Å². The molecule has 1 aromatic carbocycles. The smallest absolute Gasteiger partial charge is 0.249 e. The van der Waals surface area contributed by atoms with E-state index in [0.29, 0.717) is 5.13 Å². The number of aromatic amines is 1. The van der Waals surface area contributed by atoms with Crippen molar-refractivity contribution in [3.63, 3.8) is 0 Å². The van der Waals surface area contributed by atoms with Crippen LogP contribution in [0.15, 0.2) is 46.9 Å². The van der Waals surface area contributed by atoms with Gasteiger partial charge >= 0.3 is 0 Å². The Hall–Kier alpha value is -2.23. The van der Waals surface area contributed by atoms with Crippen LogP contribution in [0.1, 0.15) is 24.6 Å². The van der Waals surface area contributed by atoms with E-state index in [-0.39, 0.29) is 10.1 Å². The summed E-state index contributed by atoms with van der Waals surface area (Å²) in [5.41, 5.74) is 2.11. The lowest BCUT2D eigenvalue weighted by molar-refractivity contribution is 0.494. The lowest BCUT2D eigenvalue weighted by Crippen LogP contribution is -2.34. The number of thiazole rings is 1. The van der Waals surface area contributed by atoms with Crippen LogP contribution in [0, 0.1) is 0 Å². The van der Waals surface area contributed by atoms with Crippen molar-refractivity contribution in [3.05, 3.63) is 48.5 Å². The van der Waals surface area contributed by atoms with Crippen LogP contribution in [0.5, 0.6) is 0 Å². The lowest BCUT2D eigenvalue weighted by atomic mass is 9.98. The highest BCUT2D eigenvalue weighted by atomic mass is 32.2. The number of nitrogens with one attached hydrogen (secondary N) is 1. The van der Waals surface area contributed by atoms with Gasteiger partial charge in [0.1, 0.15) is 5.82 Å². The van der Waals surface area contributed by atoms with Gasteiger partial charge in [0.25, 0.3) is 0 Å². The third-order valence-corrected chi connectivity index (χ3v) is 6.98. The van der Waals surface area contributed by atoms with E-state index in [2.05, 4.69) is 32.0 Å². The highest BCUT2D eigenvalue weighted by molar-refractivity contribution is 7.91. The van der Waals surface area contributed by atoms with Crippen LogP contribution in [-0.4, -0.2) is 36.5 Å². The number of nitrogens with two attached hydrogens (primary N) is 1. The molecular weight excluding hydrogens is 370 g/mol. The largest absolute Gasteiger partial charge is 0.347 e. The van der Waals surface area contributed by atoms with E-state index in [1.54, 1.807) is 0 Å². The highest BCUT2D eigenvalue weighted by Gasteiger charge is 2.26. The van der Waals surface area contributed by atoms with Crippen LogP contribution in [0.3, 0.4) is 0 Å². The fourth-order valence-electron chi connectivity index (χ4n) is 3.21. The molecular formula is C17H19N5O2S2. The molecule has 9 heteroatoms. The van der Waals surface area contributed by atoms with Crippen LogP contribution in [-0.2, 0) is 10.0 Å². The van der Waals surface area contributed by atoms with Crippen molar-refractivity contribution in [2.24, 2.45) is 5.14 Å². The third-order valence-electron chi connectivity index (χ3n) is 4.51. The Bertz CT molecular complexity index is 997. The van der Waals surface area contributed by atoms with E-state index in [1.165, 1.54) is 6.20 Å². The number of hydrogen-bond acceptors (Lipinski definition) is 6. The molecule has 136 valence electrons. The van der Waals surface area contributed by atoms with Gasteiger partial charge in [-0.3, -0.25) is 0 Å². The normalized spacial score (nSPS) is 18.2. The number of nitrogens with zero attached hydrogens (tertiary/aromatic N) is 3. The average Bonchev–Trinajstić information content (AvgIpc) is 3.32. The van der Waals surface area contributed by atoms with Crippen molar-refractivity contribution in [2.45, 2.75) is 23.0 Å². The topological polar surface area (TPSA) is 105 Å². The Morgan fingerprint density at radius 3 is 2.73 bits per heavy atom. The number of hydrogen-bond donors (Lipinski definition) is 2. The van der Waals surface area contributed by atoms with Gasteiger partial charge in [0.2, 0.25) is 10.0 Å². The molecule has 0 saturated carbocycles. The van der Waals surface area contributed by atoms with Crippen molar-refractivity contribution in [1.82, 2.24) is 15.0 Å². The zero-order chi connectivity index (χ0) is 18.1. The summed E-state index contributed by atoms with van der Waals surface area (Å²) >= 11 is 1.12. The maximum Gasteiger partial charge on any atom is 0.249 e. The summed E-state index contributed by atoms with van der Waals surface area (Å²) < 4.78 is 23.0. The molecule has 1 unspecified atom stereocenters. The number of aromatic nitrogens is 3. The molecule has 1 atom stereocenters. The molecule has 7 nitrogen and oxygen atoms in total. The number of sulfonamides is 1. The van der Waals surface area contributed by atoms with Crippen molar-refractivity contribution in [1.29, 1.82) is 0 Å². The molecule has 26 heavy (non-hydrogen) atoms. The minimum absolute atomic E-state index is 0.0963. The van der Waals surface area contributed by atoms with Gasteiger partial charge in [-0.2, -0.15) is 0 Å². The highest BCUT2D eigenvalue weighted by Crippen LogP contribution is 2.32. The summed E-state index contributed by atoms with van der Waals surface area (Å²) in [6.45, 7) is 1.60. The van der Waals surface area contributed by atoms with Crippen LogP contribution < -0.4 is 10.0 Å². The molecule has 0 aliphatic carbocycles. The number of anilines is 1. The lowest BCUT2D eigenvalue weighted by Gasteiger charge is -2.31. The van der Waals surface area contributed by atoms with E-state index in [4.69, 9.17) is 5.14 Å². The maximum atomic E-state index is 11.5. The summed E-state index contributed by atoms with van der Waals surface area (Å²) in [6, 6.07) is 10.1. The fraction of sp³-hybridized carbons (Fsp3) is 0.294. The molecule has 1 aliphatic rings. The van der Waals surface area contributed by atoms with Crippen LogP contribution in [0.2, 0.25) is 0 Å². The fourth-order valence-corrected chi connectivity index (χ4v) is 4.78. The van der Waals surface area contributed by atoms with Crippen LogP contribution in [0.25, 0.3) is 11.3 Å². The summed E-state index contributed by atoms with van der Waals surface area (Å²) in [7, 11) is -3.70. The Labute approximate surface area is 156 Å². The van der Waals surface area contributed by atoms with E-state index >= 15 is 0 Å². The Morgan fingerprint density at radius 1 is 1.19 bits per heavy atom. The number of rotatable bonds is 4. The molecule has 4 rings (SSSR count). The first kappa shape index (κ1) is 17.2. The van der Waals surface area contributed by atoms with Gasteiger partial charge in [-0.15, -0.1) is 0 Å². The van der Waals surface area contributed by atoms with E-state index in [1.807, 2.05) is 24.4 Å².